The van der Waals surface area contributed by atoms with Crippen LogP contribution in [0.3, 0.4) is 0 Å². The van der Waals surface area contributed by atoms with Crippen molar-refractivity contribution in [3.8, 4) is 0 Å². The summed E-state index contributed by atoms with van der Waals surface area (Å²) < 4.78 is 0. The zero-order valence-corrected chi connectivity index (χ0v) is 9.84. The van der Waals surface area contributed by atoms with Gasteiger partial charge in [0, 0.05) is 12.6 Å². The topological polar surface area (TPSA) is 24.1 Å². The van der Waals surface area contributed by atoms with Gasteiger partial charge in [-0.3, -0.25) is 0 Å². The van der Waals surface area contributed by atoms with Gasteiger partial charge in [-0.1, -0.05) is 26.2 Å². The van der Waals surface area contributed by atoms with Gasteiger partial charge >= 0.3 is 0 Å². The van der Waals surface area contributed by atoms with Crippen LogP contribution in [0.2, 0.25) is 0 Å². The molecule has 13 heavy (non-hydrogen) atoms. The van der Waals surface area contributed by atoms with Crippen molar-refractivity contribution >= 4 is 17.3 Å². The zero-order valence-electron chi connectivity index (χ0n) is 9.02. The van der Waals surface area contributed by atoms with Gasteiger partial charge in [0.1, 0.15) is 0 Å². The predicted molar refractivity (Wildman–Crippen MR) is 63.0 cm³/mol. The fourth-order valence-corrected chi connectivity index (χ4v) is 1.55. The van der Waals surface area contributed by atoms with Crippen LogP contribution in [0, 0.1) is 0 Å². The Morgan fingerprint density at radius 1 is 1.31 bits per heavy atom. The van der Waals surface area contributed by atoms with E-state index in [2.05, 4.69) is 31.4 Å². The van der Waals surface area contributed by atoms with Crippen LogP contribution < -0.4 is 10.6 Å². The summed E-state index contributed by atoms with van der Waals surface area (Å²) in [4.78, 5) is 0. The first kappa shape index (κ1) is 12.7. The molecule has 0 aliphatic heterocycles. The molecule has 0 aromatic rings. The molecule has 0 bridgehead atoms. The molecule has 78 valence electrons. The molecule has 0 spiro atoms. The number of hydrogen-bond acceptors (Lipinski definition) is 1. The number of unbranched alkanes of at least 4 members (excludes halogenated alkanes) is 2. The van der Waals surface area contributed by atoms with E-state index < -0.39 is 0 Å². The Morgan fingerprint density at radius 2 is 2.00 bits per heavy atom. The molecule has 3 heteroatoms. The standard InChI is InChI=1S/C10H22N2S/c1-4-6-7-8-9(3)12-10(13)11-5-2/h9H,4-8H2,1-3H3,(H2,11,12,13). The Hall–Kier alpha value is -0.310. The second kappa shape index (κ2) is 8.30. The van der Waals surface area contributed by atoms with Gasteiger partial charge in [-0.15, -0.1) is 0 Å². The molecule has 2 N–H and O–H groups in total. The van der Waals surface area contributed by atoms with Crippen molar-refractivity contribution in [3.05, 3.63) is 0 Å². The molecule has 0 radical (unpaired) electrons. The normalized spacial score (nSPS) is 12.2. The van der Waals surface area contributed by atoms with Gasteiger partial charge in [-0.25, -0.2) is 0 Å². The van der Waals surface area contributed by atoms with Gasteiger partial charge in [0.05, 0.1) is 0 Å². The summed E-state index contributed by atoms with van der Waals surface area (Å²) in [5, 5.41) is 7.13. The molecule has 0 amide bonds. The summed E-state index contributed by atoms with van der Waals surface area (Å²) >= 11 is 5.09. The van der Waals surface area contributed by atoms with E-state index in [-0.39, 0.29) is 0 Å². The van der Waals surface area contributed by atoms with Crippen molar-refractivity contribution < 1.29 is 0 Å². The third-order valence-corrected chi connectivity index (χ3v) is 2.22. The second-order valence-corrected chi connectivity index (χ2v) is 3.81. The van der Waals surface area contributed by atoms with E-state index in [1.807, 2.05) is 0 Å². The van der Waals surface area contributed by atoms with Gasteiger partial charge in [0.15, 0.2) is 5.11 Å². The van der Waals surface area contributed by atoms with E-state index in [1.54, 1.807) is 0 Å². The molecule has 0 saturated heterocycles. The smallest absolute Gasteiger partial charge is 0.166 e. The maximum Gasteiger partial charge on any atom is 0.166 e. The Bertz CT molecular complexity index is 137. The lowest BCUT2D eigenvalue weighted by molar-refractivity contribution is 0.551. The summed E-state index contributed by atoms with van der Waals surface area (Å²) in [6.07, 6.45) is 5.10. The average Bonchev–Trinajstić information content (AvgIpc) is 2.05. The molecule has 0 fully saturated rings. The van der Waals surface area contributed by atoms with E-state index in [1.165, 1.54) is 25.7 Å². The van der Waals surface area contributed by atoms with Crippen LogP contribution in [0.4, 0.5) is 0 Å². The predicted octanol–water partition coefficient (Wildman–Crippen LogP) is 2.44. The van der Waals surface area contributed by atoms with E-state index in [9.17, 15) is 0 Å². The van der Waals surface area contributed by atoms with Crippen molar-refractivity contribution in [1.82, 2.24) is 10.6 Å². The molecule has 1 unspecified atom stereocenters. The first-order valence-corrected chi connectivity index (χ1v) is 5.65. The van der Waals surface area contributed by atoms with Crippen LogP contribution in [0.15, 0.2) is 0 Å². The Morgan fingerprint density at radius 3 is 2.54 bits per heavy atom. The molecule has 0 heterocycles. The van der Waals surface area contributed by atoms with Crippen molar-refractivity contribution in [1.29, 1.82) is 0 Å². The highest BCUT2D eigenvalue weighted by Crippen LogP contribution is 2.02. The van der Waals surface area contributed by atoms with Crippen molar-refractivity contribution in [3.63, 3.8) is 0 Å². The largest absolute Gasteiger partial charge is 0.363 e. The molecule has 0 aromatic carbocycles. The second-order valence-electron chi connectivity index (χ2n) is 3.40. The highest BCUT2D eigenvalue weighted by Gasteiger charge is 2.01. The highest BCUT2D eigenvalue weighted by molar-refractivity contribution is 7.80. The highest BCUT2D eigenvalue weighted by atomic mass is 32.1. The molecule has 0 aliphatic rings. The summed E-state index contributed by atoms with van der Waals surface area (Å²) in [6, 6.07) is 0.498. The van der Waals surface area contributed by atoms with Crippen molar-refractivity contribution in [2.45, 2.75) is 52.5 Å². The molecule has 0 rings (SSSR count). The monoisotopic (exact) mass is 202 g/mol. The zero-order chi connectivity index (χ0) is 10.1. The molecule has 2 nitrogen and oxygen atoms in total. The lowest BCUT2D eigenvalue weighted by atomic mass is 10.1. The lowest BCUT2D eigenvalue weighted by Crippen LogP contribution is -2.40. The molecule has 0 aliphatic carbocycles. The fraction of sp³-hybridized carbons (Fsp3) is 0.900. The maximum atomic E-state index is 5.09. The summed E-state index contributed by atoms with van der Waals surface area (Å²) in [6.45, 7) is 7.35. The molecule has 0 aromatic heterocycles. The number of nitrogens with one attached hydrogen (secondary N) is 2. The lowest BCUT2D eigenvalue weighted by Gasteiger charge is -2.15. The van der Waals surface area contributed by atoms with Crippen LogP contribution >= 0.6 is 12.2 Å². The van der Waals surface area contributed by atoms with Gasteiger partial charge in [0.25, 0.3) is 0 Å². The van der Waals surface area contributed by atoms with Crippen LogP contribution in [0.1, 0.15) is 46.5 Å². The minimum absolute atomic E-state index is 0.498. The SMILES string of the molecule is CCCCCC(C)NC(=S)NCC. The van der Waals surface area contributed by atoms with Crippen LogP contribution in [-0.4, -0.2) is 17.7 Å². The van der Waals surface area contributed by atoms with E-state index >= 15 is 0 Å². The summed E-state index contributed by atoms with van der Waals surface area (Å²) in [5.74, 6) is 0. The van der Waals surface area contributed by atoms with Crippen molar-refractivity contribution in [2.24, 2.45) is 0 Å². The maximum absolute atomic E-state index is 5.09. The van der Waals surface area contributed by atoms with E-state index in [0.29, 0.717) is 6.04 Å². The molecular formula is C10H22N2S. The Balaban J connectivity index is 3.38. The average molecular weight is 202 g/mol. The summed E-state index contributed by atoms with van der Waals surface area (Å²) in [7, 11) is 0. The molecule has 0 saturated carbocycles. The van der Waals surface area contributed by atoms with Gasteiger partial charge in [-0.05, 0) is 32.5 Å². The number of rotatable bonds is 6. The Labute approximate surface area is 87.5 Å². The first-order chi connectivity index (χ1) is 6.20. The molecular weight excluding hydrogens is 180 g/mol. The first-order valence-electron chi connectivity index (χ1n) is 5.25. The van der Waals surface area contributed by atoms with Crippen LogP contribution in [0.25, 0.3) is 0 Å². The van der Waals surface area contributed by atoms with E-state index in [0.717, 1.165) is 11.7 Å². The van der Waals surface area contributed by atoms with E-state index in [4.69, 9.17) is 12.2 Å². The minimum Gasteiger partial charge on any atom is -0.363 e. The van der Waals surface area contributed by atoms with Crippen LogP contribution in [0.5, 0.6) is 0 Å². The quantitative estimate of drug-likeness (QED) is 0.511. The van der Waals surface area contributed by atoms with Crippen LogP contribution in [-0.2, 0) is 0 Å². The third kappa shape index (κ3) is 8.03. The minimum atomic E-state index is 0.498. The fourth-order valence-electron chi connectivity index (χ4n) is 1.21. The van der Waals surface area contributed by atoms with Crippen molar-refractivity contribution in [2.75, 3.05) is 6.54 Å². The Kier molecular flexibility index (Phi) is 8.10. The van der Waals surface area contributed by atoms with Gasteiger partial charge in [0.2, 0.25) is 0 Å². The van der Waals surface area contributed by atoms with Gasteiger partial charge < -0.3 is 10.6 Å². The third-order valence-electron chi connectivity index (χ3n) is 1.96. The summed E-state index contributed by atoms with van der Waals surface area (Å²) in [5.41, 5.74) is 0. The van der Waals surface area contributed by atoms with Gasteiger partial charge in [-0.2, -0.15) is 0 Å². The molecule has 1 atom stereocenters. The number of thiocarbonyl (C=S) groups is 1. The number of hydrogen-bond donors (Lipinski definition) is 2.